The molecule has 0 aliphatic carbocycles. The Hall–Kier alpha value is -3.07. The van der Waals surface area contributed by atoms with E-state index in [4.69, 9.17) is 9.57 Å². The van der Waals surface area contributed by atoms with Crippen molar-refractivity contribution in [3.63, 3.8) is 0 Å². The van der Waals surface area contributed by atoms with E-state index in [0.29, 0.717) is 17.2 Å². The molecular formula is C22H26FN3O2. The zero-order valence-corrected chi connectivity index (χ0v) is 17.2. The van der Waals surface area contributed by atoms with Crippen molar-refractivity contribution in [1.82, 2.24) is 9.78 Å². The molecule has 1 heterocycles. The van der Waals surface area contributed by atoms with Crippen LogP contribution in [-0.4, -0.2) is 22.6 Å². The number of ether oxygens (including phenoxy) is 1. The lowest BCUT2D eigenvalue weighted by Crippen LogP contribution is -1.99. The van der Waals surface area contributed by atoms with Gasteiger partial charge in [-0.05, 0) is 46.8 Å². The molecule has 0 atom stereocenters. The van der Waals surface area contributed by atoms with Crippen LogP contribution in [0.1, 0.15) is 37.6 Å². The standard InChI is InChI=1S/C22H26FN3O2/c1-16-9-11-19(12-10-16)28-21-20(17(2)25-26(21)6)14-24-27-15-18(23)8-7-13-22(3,4)5/h8-12,14H,15H2,1-6H3. The van der Waals surface area contributed by atoms with Crippen LogP contribution in [0.5, 0.6) is 11.6 Å². The average Bonchev–Trinajstić information content (AvgIpc) is 2.86. The molecule has 0 unspecified atom stereocenters. The van der Waals surface area contributed by atoms with Crippen molar-refractivity contribution >= 4 is 6.21 Å². The van der Waals surface area contributed by atoms with Gasteiger partial charge in [-0.3, -0.25) is 0 Å². The van der Waals surface area contributed by atoms with Crippen LogP contribution < -0.4 is 4.74 Å². The Morgan fingerprint density at radius 3 is 2.57 bits per heavy atom. The lowest BCUT2D eigenvalue weighted by atomic mass is 9.98. The molecule has 0 aliphatic heterocycles. The summed E-state index contributed by atoms with van der Waals surface area (Å²) >= 11 is 0. The molecule has 1 aromatic carbocycles. The molecule has 0 saturated carbocycles. The van der Waals surface area contributed by atoms with Crippen LogP contribution >= 0.6 is 0 Å². The van der Waals surface area contributed by atoms with Gasteiger partial charge in [0.1, 0.15) is 11.6 Å². The maximum Gasteiger partial charge on any atom is 0.226 e. The number of nitrogens with zero attached hydrogens (tertiary/aromatic N) is 3. The van der Waals surface area contributed by atoms with Gasteiger partial charge in [0.2, 0.25) is 5.88 Å². The van der Waals surface area contributed by atoms with Crippen LogP contribution in [0, 0.1) is 31.1 Å². The summed E-state index contributed by atoms with van der Waals surface area (Å²) in [7, 11) is 1.78. The van der Waals surface area contributed by atoms with Gasteiger partial charge in [-0.2, -0.15) is 5.10 Å². The molecule has 2 aromatic rings. The van der Waals surface area contributed by atoms with E-state index in [-0.39, 0.29) is 12.0 Å². The Kier molecular flexibility index (Phi) is 7.00. The first kappa shape index (κ1) is 21.2. The number of aromatic nitrogens is 2. The molecule has 0 bridgehead atoms. The zero-order chi connectivity index (χ0) is 20.7. The van der Waals surface area contributed by atoms with Crippen molar-refractivity contribution in [1.29, 1.82) is 0 Å². The second kappa shape index (κ2) is 9.23. The number of halogens is 1. The molecule has 0 saturated heterocycles. The van der Waals surface area contributed by atoms with E-state index in [1.54, 1.807) is 11.7 Å². The van der Waals surface area contributed by atoms with E-state index in [1.807, 2.05) is 58.9 Å². The fourth-order valence-corrected chi connectivity index (χ4v) is 2.20. The molecule has 2 rings (SSSR count). The monoisotopic (exact) mass is 383 g/mol. The molecule has 0 amide bonds. The van der Waals surface area contributed by atoms with E-state index >= 15 is 0 Å². The summed E-state index contributed by atoms with van der Waals surface area (Å²) in [6.07, 6.45) is 2.67. The molecule has 1 aromatic heterocycles. The molecule has 5 nitrogen and oxygen atoms in total. The molecule has 0 spiro atoms. The molecule has 0 aliphatic rings. The second-order valence-corrected chi connectivity index (χ2v) is 7.46. The largest absolute Gasteiger partial charge is 0.439 e. The van der Waals surface area contributed by atoms with E-state index in [2.05, 4.69) is 22.1 Å². The van der Waals surface area contributed by atoms with Crippen LogP contribution in [0.2, 0.25) is 0 Å². The fraction of sp³-hybridized carbons (Fsp3) is 0.364. The SMILES string of the molecule is Cc1ccc(Oc2c(C=NOCC(F)=CC#CC(C)(C)C)c(C)nn2C)cc1. The Bertz CT molecular complexity index is 924. The summed E-state index contributed by atoms with van der Waals surface area (Å²) in [4.78, 5) is 5.03. The molecule has 0 fully saturated rings. The van der Waals surface area contributed by atoms with Crippen molar-refractivity contribution in [3.8, 4) is 23.5 Å². The Morgan fingerprint density at radius 1 is 1.25 bits per heavy atom. The van der Waals surface area contributed by atoms with Gasteiger partial charge in [0.25, 0.3) is 0 Å². The number of rotatable bonds is 6. The van der Waals surface area contributed by atoms with E-state index in [0.717, 1.165) is 11.3 Å². The minimum atomic E-state index is -0.493. The van der Waals surface area contributed by atoms with Gasteiger partial charge in [-0.15, -0.1) is 0 Å². The van der Waals surface area contributed by atoms with E-state index in [1.165, 1.54) is 12.3 Å². The lowest BCUT2D eigenvalue weighted by molar-refractivity contribution is 0.154. The summed E-state index contributed by atoms with van der Waals surface area (Å²) < 4.78 is 21.3. The summed E-state index contributed by atoms with van der Waals surface area (Å²) in [6, 6.07) is 7.70. The van der Waals surface area contributed by atoms with Crippen molar-refractivity contribution in [2.45, 2.75) is 34.6 Å². The van der Waals surface area contributed by atoms with Crippen LogP contribution in [0.3, 0.4) is 0 Å². The fourth-order valence-electron chi connectivity index (χ4n) is 2.20. The lowest BCUT2D eigenvalue weighted by Gasteiger charge is -2.07. The average molecular weight is 383 g/mol. The minimum Gasteiger partial charge on any atom is -0.439 e. The van der Waals surface area contributed by atoms with Crippen LogP contribution in [0.25, 0.3) is 0 Å². The first-order valence-electron chi connectivity index (χ1n) is 8.96. The molecule has 0 radical (unpaired) electrons. The Balaban J connectivity index is 2.04. The number of hydrogen-bond donors (Lipinski definition) is 0. The third-order valence-electron chi connectivity index (χ3n) is 3.58. The highest BCUT2D eigenvalue weighted by atomic mass is 19.1. The molecule has 0 N–H and O–H groups in total. The molecular weight excluding hydrogens is 357 g/mol. The van der Waals surface area contributed by atoms with Crippen molar-refractivity contribution in [2.75, 3.05) is 6.61 Å². The molecule has 6 heteroatoms. The predicted molar refractivity (Wildman–Crippen MR) is 109 cm³/mol. The van der Waals surface area contributed by atoms with E-state index < -0.39 is 5.83 Å². The van der Waals surface area contributed by atoms with Gasteiger partial charge in [-0.1, -0.05) is 34.7 Å². The predicted octanol–water partition coefficient (Wildman–Crippen LogP) is 5.08. The summed E-state index contributed by atoms with van der Waals surface area (Å²) in [5.74, 6) is 6.34. The number of benzene rings is 1. The minimum absolute atomic E-state index is 0.179. The first-order valence-corrected chi connectivity index (χ1v) is 8.96. The highest BCUT2D eigenvalue weighted by Gasteiger charge is 2.14. The highest BCUT2D eigenvalue weighted by Crippen LogP contribution is 2.26. The quantitative estimate of drug-likeness (QED) is 0.397. The first-order chi connectivity index (χ1) is 13.2. The number of oxime groups is 1. The van der Waals surface area contributed by atoms with Gasteiger partial charge in [-0.25, -0.2) is 9.07 Å². The second-order valence-electron chi connectivity index (χ2n) is 7.46. The summed E-state index contributed by atoms with van der Waals surface area (Å²) in [6.45, 7) is 9.43. The maximum absolute atomic E-state index is 13.7. The Morgan fingerprint density at radius 2 is 1.93 bits per heavy atom. The van der Waals surface area contributed by atoms with Crippen molar-refractivity contribution in [3.05, 3.63) is 53.0 Å². The third kappa shape index (κ3) is 6.58. The van der Waals surface area contributed by atoms with Gasteiger partial charge < -0.3 is 9.57 Å². The summed E-state index contributed by atoms with van der Waals surface area (Å²) in [5, 5.41) is 8.18. The highest BCUT2D eigenvalue weighted by molar-refractivity contribution is 5.84. The summed E-state index contributed by atoms with van der Waals surface area (Å²) in [5.41, 5.74) is 2.36. The normalized spacial score (nSPS) is 12.0. The maximum atomic E-state index is 13.7. The van der Waals surface area contributed by atoms with Gasteiger partial charge >= 0.3 is 0 Å². The van der Waals surface area contributed by atoms with Crippen LogP contribution in [0.15, 0.2) is 41.3 Å². The van der Waals surface area contributed by atoms with Crippen molar-refractivity contribution in [2.24, 2.45) is 17.6 Å². The van der Waals surface area contributed by atoms with Gasteiger partial charge in [0, 0.05) is 18.5 Å². The topological polar surface area (TPSA) is 48.6 Å². The molecule has 28 heavy (non-hydrogen) atoms. The number of aryl methyl sites for hydroxylation is 3. The van der Waals surface area contributed by atoms with Gasteiger partial charge in [0.05, 0.1) is 17.5 Å². The van der Waals surface area contributed by atoms with Crippen molar-refractivity contribution < 1.29 is 14.0 Å². The smallest absolute Gasteiger partial charge is 0.226 e. The number of hydrogen-bond acceptors (Lipinski definition) is 4. The number of allylic oxidation sites excluding steroid dienone is 1. The zero-order valence-electron chi connectivity index (χ0n) is 17.2. The Labute approximate surface area is 165 Å². The third-order valence-corrected chi connectivity index (χ3v) is 3.58. The van der Waals surface area contributed by atoms with Gasteiger partial charge in [0.15, 0.2) is 6.61 Å². The van der Waals surface area contributed by atoms with Crippen LogP contribution in [0.4, 0.5) is 4.39 Å². The van der Waals surface area contributed by atoms with Crippen LogP contribution in [-0.2, 0) is 11.9 Å². The van der Waals surface area contributed by atoms with E-state index in [9.17, 15) is 4.39 Å². The molecule has 148 valence electrons.